The zero-order valence-electron chi connectivity index (χ0n) is 10.7. The Morgan fingerprint density at radius 2 is 2.26 bits per heavy atom. The molecule has 6 heteroatoms. The maximum Gasteiger partial charge on any atom is 0.255 e. The molecule has 2 N–H and O–H groups in total. The fourth-order valence-corrected chi connectivity index (χ4v) is 2.60. The summed E-state index contributed by atoms with van der Waals surface area (Å²) in [6.45, 7) is 3.67. The molecule has 1 heterocycles. The van der Waals surface area contributed by atoms with Gasteiger partial charge in [-0.2, -0.15) is 0 Å². The Kier molecular flexibility index (Phi) is 4.55. The molecule has 0 bridgehead atoms. The van der Waals surface area contributed by atoms with Gasteiger partial charge in [0.25, 0.3) is 5.91 Å². The molecule has 4 nitrogen and oxygen atoms in total. The number of nitrogen functional groups attached to an aromatic ring is 1. The minimum Gasteiger partial charge on any atom is -0.399 e. The Bertz CT molecular complexity index is 494. The molecule has 1 aromatic rings. The van der Waals surface area contributed by atoms with Gasteiger partial charge in [-0.05, 0) is 18.6 Å². The van der Waals surface area contributed by atoms with Crippen molar-refractivity contribution in [3.63, 3.8) is 0 Å². The average molecular weight is 303 g/mol. The van der Waals surface area contributed by atoms with Gasteiger partial charge in [-0.1, -0.05) is 30.1 Å². The molecular formula is C13H16Cl2N2O2. The van der Waals surface area contributed by atoms with Gasteiger partial charge in [0.15, 0.2) is 0 Å². The number of carbonyl (C=O) groups is 1. The van der Waals surface area contributed by atoms with Gasteiger partial charge in [-0.15, -0.1) is 0 Å². The molecule has 2 rings (SSSR count). The summed E-state index contributed by atoms with van der Waals surface area (Å²) in [5, 5.41) is 0.550. The molecule has 19 heavy (non-hydrogen) atoms. The van der Waals surface area contributed by atoms with Crippen molar-refractivity contribution in [3.8, 4) is 0 Å². The number of ether oxygens (including phenoxy) is 1. The van der Waals surface area contributed by atoms with Crippen LogP contribution in [0.25, 0.3) is 0 Å². The second-order valence-corrected chi connectivity index (χ2v) is 5.28. The Hall–Kier alpha value is -0.970. The van der Waals surface area contributed by atoms with Crippen molar-refractivity contribution in [1.82, 2.24) is 4.90 Å². The van der Waals surface area contributed by atoms with Gasteiger partial charge in [0.05, 0.1) is 34.9 Å². The average Bonchev–Trinajstić information content (AvgIpc) is 2.42. The molecule has 0 saturated carbocycles. The number of nitrogens with two attached hydrogens (primary N) is 1. The largest absolute Gasteiger partial charge is 0.399 e. The van der Waals surface area contributed by atoms with E-state index in [1.807, 2.05) is 6.92 Å². The quantitative estimate of drug-likeness (QED) is 0.855. The third-order valence-electron chi connectivity index (χ3n) is 3.24. The van der Waals surface area contributed by atoms with Crippen LogP contribution in [0.2, 0.25) is 10.0 Å². The molecule has 1 amide bonds. The van der Waals surface area contributed by atoms with E-state index < -0.39 is 0 Å². The van der Waals surface area contributed by atoms with Gasteiger partial charge < -0.3 is 15.4 Å². The summed E-state index contributed by atoms with van der Waals surface area (Å²) in [5.41, 5.74) is 6.51. The van der Waals surface area contributed by atoms with Crippen molar-refractivity contribution in [2.75, 3.05) is 25.5 Å². The number of amides is 1. The Morgan fingerprint density at radius 3 is 2.95 bits per heavy atom. The predicted molar refractivity (Wildman–Crippen MR) is 76.8 cm³/mol. The van der Waals surface area contributed by atoms with Gasteiger partial charge in [-0.3, -0.25) is 4.79 Å². The molecule has 1 unspecified atom stereocenters. The fraction of sp³-hybridized carbons (Fsp3) is 0.462. The minimum atomic E-state index is -0.144. The van der Waals surface area contributed by atoms with Gasteiger partial charge in [0.1, 0.15) is 0 Å². The summed E-state index contributed by atoms with van der Waals surface area (Å²) in [5.74, 6) is -0.144. The highest BCUT2D eigenvalue weighted by Crippen LogP contribution is 2.30. The zero-order chi connectivity index (χ0) is 14.0. The monoisotopic (exact) mass is 302 g/mol. The van der Waals surface area contributed by atoms with Crippen LogP contribution in [-0.4, -0.2) is 36.6 Å². The summed E-state index contributed by atoms with van der Waals surface area (Å²) >= 11 is 12.1. The Labute approximate surface area is 122 Å². The number of halogens is 2. The first-order chi connectivity index (χ1) is 9.04. The highest BCUT2D eigenvalue weighted by atomic mass is 35.5. The normalized spacial score (nSPS) is 19.5. The number of nitrogens with zero attached hydrogens (tertiary/aromatic N) is 1. The van der Waals surface area contributed by atoms with Crippen LogP contribution < -0.4 is 5.73 Å². The first-order valence-corrected chi connectivity index (χ1v) is 6.93. The van der Waals surface area contributed by atoms with Crippen LogP contribution in [0.1, 0.15) is 23.7 Å². The molecule has 1 saturated heterocycles. The highest BCUT2D eigenvalue weighted by molar-refractivity contribution is 6.44. The van der Waals surface area contributed by atoms with Crippen molar-refractivity contribution in [3.05, 3.63) is 27.7 Å². The molecule has 0 aliphatic carbocycles. The topological polar surface area (TPSA) is 55.6 Å². The highest BCUT2D eigenvalue weighted by Gasteiger charge is 2.28. The lowest BCUT2D eigenvalue weighted by molar-refractivity contribution is -0.00278. The van der Waals surface area contributed by atoms with Crippen LogP contribution in [0, 0.1) is 0 Å². The Morgan fingerprint density at radius 1 is 1.53 bits per heavy atom. The van der Waals surface area contributed by atoms with E-state index in [2.05, 4.69) is 0 Å². The maximum absolute atomic E-state index is 12.6. The zero-order valence-corrected chi connectivity index (χ0v) is 12.2. The molecule has 1 aromatic carbocycles. The molecule has 1 atom stereocenters. The first kappa shape index (κ1) is 14.4. The molecule has 104 valence electrons. The first-order valence-electron chi connectivity index (χ1n) is 6.17. The lowest BCUT2D eigenvalue weighted by atomic mass is 10.1. The fourth-order valence-electron chi connectivity index (χ4n) is 2.18. The maximum atomic E-state index is 12.6. The SMILES string of the molecule is CCC1COCCN1C(=O)c1cc(N)cc(Cl)c1Cl. The van der Waals surface area contributed by atoms with Crippen LogP contribution >= 0.6 is 23.2 Å². The van der Waals surface area contributed by atoms with Gasteiger partial charge >= 0.3 is 0 Å². The van der Waals surface area contributed by atoms with E-state index in [0.717, 1.165) is 6.42 Å². The lowest BCUT2D eigenvalue weighted by Gasteiger charge is -2.35. The lowest BCUT2D eigenvalue weighted by Crippen LogP contribution is -2.48. The van der Waals surface area contributed by atoms with Crippen molar-refractivity contribution in [1.29, 1.82) is 0 Å². The van der Waals surface area contributed by atoms with E-state index in [1.165, 1.54) is 6.07 Å². The van der Waals surface area contributed by atoms with Crippen LogP contribution in [0.4, 0.5) is 5.69 Å². The summed E-state index contributed by atoms with van der Waals surface area (Å²) in [6, 6.07) is 3.17. The van der Waals surface area contributed by atoms with Crippen molar-refractivity contribution in [2.45, 2.75) is 19.4 Å². The predicted octanol–water partition coefficient (Wildman–Crippen LogP) is 2.83. The number of carbonyl (C=O) groups excluding carboxylic acids is 1. The van der Waals surface area contributed by atoms with Crippen molar-refractivity contribution in [2.24, 2.45) is 0 Å². The number of benzene rings is 1. The smallest absolute Gasteiger partial charge is 0.255 e. The molecule has 0 radical (unpaired) electrons. The van der Waals surface area contributed by atoms with Crippen LogP contribution in [0.3, 0.4) is 0 Å². The van der Waals surface area contributed by atoms with E-state index in [-0.39, 0.29) is 17.0 Å². The minimum absolute atomic E-state index is 0.0672. The molecule has 1 fully saturated rings. The van der Waals surface area contributed by atoms with Crippen LogP contribution in [0.5, 0.6) is 0 Å². The van der Waals surface area contributed by atoms with E-state index in [1.54, 1.807) is 11.0 Å². The van der Waals surface area contributed by atoms with Crippen LogP contribution in [0.15, 0.2) is 12.1 Å². The number of hydrogen-bond donors (Lipinski definition) is 1. The summed E-state index contributed by atoms with van der Waals surface area (Å²) in [4.78, 5) is 14.3. The second kappa shape index (κ2) is 5.99. The standard InChI is InChI=1S/C13H16Cl2N2O2/c1-2-9-7-19-4-3-17(9)13(18)10-5-8(16)6-11(14)12(10)15/h5-6,9H,2-4,7,16H2,1H3. The number of morpholine rings is 1. The molecular weight excluding hydrogens is 287 g/mol. The summed E-state index contributed by atoms with van der Waals surface area (Å²) < 4.78 is 5.39. The van der Waals surface area contributed by atoms with E-state index in [9.17, 15) is 4.79 Å². The van der Waals surface area contributed by atoms with Crippen molar-refractivity contribution >= 4 is 34.8 Å². The second-order valence-electron chi connectivity index (χ2n) is 4.50. The third-order valence-corrected chi connectivity index (χ3v) is 4.04. The van der Waals surface area contributed by atoms with E-state index in [0.29, 0.717) is 36.0 Å². The number of anilines is 1. The number of rotatable bonds is 2. The number of hydrogen-bond acceptors (Lipinski definition) is 3. The van der Waals surface area contributed by atoms with Gasteiger partial charge in [0.2, 0.25) is 0 Å². The van der Waals surface area contributed by atoms with Crippen LogP contribution in [-0.2, 0) is 4.74 Å². The molecule has 0 spiro atoms. The van der Waals surface area contributed by atoms with Gasteiger partial charge in [0, 0.05) is 12.2 Å². The third kappa shape index (κ3) is 2.96. The molecule has 1 aliphatic heterocycles. The molecule has 0 aromatic heterocycles. The summed E-state index contributed by atoms with van der Waals surface area (Å²) in [7, 11) is 0. The van der Waals surface area contributed by atoms with Crippen molar-refractivity contribution < 1.29 is 9.53 Å². The van der Waals surface area contributed by atoms with E-state index in [4.69, 9.17) is 33.7 Å². The van der Waals surface area contributed by atoms with Gasteiger partial charge in [-0.25, -0.2) is 0 Å². The van der Waals surface area contributed by atoms with E-state index >= 15 is 0 Å². The molecule has 1 aliphatic rings. The Balaban J connectivity index is 2.33. The summed E-state index contributed by atoms with van der Waals surface area (Å²) in [6.07, 6.45) is 0.833.